The molecule has 4 rings (SSSR count). The van der Waals surface area contributed by atoms with E-state index in [1.165, 1.54) is 27.8 Å². The SMILES string of the molecule is CCOC1CC1NC(=O)CCn1cnc2scc(-c3ccc(C)cc3)c2c1=O. The van der Waals surface area contributed by atoms with E-state index in [9.17, 15) is 9.59 Å². The highest BCUT2D eigenvalue weighted by Gasteiger charge is 2.38. The molecule has 1 aliphatic carbocycles. The molecule has 2 unspecified atom stereocenters. The topological polar surface area (TPSA) is 73.2 Å². The number of amides is 1. The van der Waals surface area contributed by atoms with Crippen molar-refractivity contribution in [3.8, 4) is 11.1 Å². The predicted octanol–water partition coefficient (Wildman–Crippen LogP) is 3.12. The van der Waals surface area contributed by atoms with Gasteiger partial charge in [0.15, 0.2) is 0 Å². The number of fused-ring (bicyclic) bond motifs is 1. The minimum atomic E-state index is -0.103. The second-order valence-electron chi connectivity index (χ2n) is 7.09. The first-order valence-electron chi connectivity index (χ1n) is 9.51. The Labute approximate surface area is 167 Å². The van der Waals surface area contributed by atoms with E-state index >= 15 is 0 Å². The van der Waals surface area contributed by atoms with E-state index in [2.05, 4.69) is 10.3 Å². The molecule has 3 aromatic rings. The van der Waals surface area contributed by atoms with Crippen LogP contribution in [0.25, 0.3) is 21.3 Å². The van der Waals surface area contributed by atoms with Crippen molar-refractivity contribution >= 4 is 27.5 Å². The summed E-state index contributed by atoms with van der Waals surface area (Å²) in [4.78, 5) is 30.3. The fourth-order valence-corrected chi connectivity index (χ4v) is 4.20. The number of hydrogen-bond donors (Lipinski definition) is 1. The van der Waals surface area contributed by atoms with Gasteiger partial charge in [-0.3, -0.25) is 14.2 Å². The van der Waals surface area contributed by atoms with Crippen LogP contribution in [-0.4, -0.2) is 34.2 Å². The molecule has 1 N–H and O–H groups in total. The van der Waals surface area contributed by atoms with Gasteiger partial charge in [-0.2, -0.15) is 0 Å². The molecule has 0 radical (unpaired) electrons. The molecule has 6 nitrogen and oxygen atoms in total. The Balaban J connectivity index is 1.50. The van der Waals surface area contributed by atoms with E-state index in [4.69, 9.17) is 4.74 Å². The highest BCUT2D eigenvalue weighted by atomic mass is 32.1. The Morgan fingerprint density at radius 2 is 2.14 bits per heavy atom. The Morgan fingerprint density at radius 1 is 1.36 bits per heavy atom. The third-order valence-corrected chi connectivity index (χ3v) is 5.85. The monoisotopic (exact) mass is 397 g/mol. The molecule has 7 heteroatoms. The van der Waals surface area contributed by atoms with Crippen molar-refractivity contribution < 1.29 is 9.53 Å². The summed E-state index contributed by atoms with van der Waals surface area (Å²) in [6.45, 7) is 4.94. The number of rotatable bonds is 7. The van der Waals surface area contributed by atoms with Gasteiger partial charge in [-0.25, -0.2) is 4.98 Å². The van der Waals surface area contributed by atoms with Crippen molar-refractivity contribution in [2.45, 2.75) is 45.4 Å². The second-order valence-corrected chi connectivity index (χ2v) is 7.95. The fraction of sp³-hybridized carbons (Fsp3) is 0.381. The number of aromatic nitrogens is 2. The first kappa shape index (κ1) is 18.8. The molecule has 1 aromatic carbocycles. The number of carbonyl (C=O) groups is 1. The van der Waals surface area contributed by atoms with Crippen LogP contribution in [0, 0.1) is 6.92 Å². The van der Waals surface area contributed by atoms with Gasteiger partial charge in [0.05, 0.1) is 23.9 Å². The van der Waals surface area contributed by atoms with E-state index in [0.717, 1.165) is 22.4 Å². The van der Waals surface area contributed by atoms with E-state index < -0.39 is 0 Å². The van der Waals surface area contributed by atoms with E-state index in [1.807, 2.05) is 43.5 Å². The zero-order valence-corrected chi connectivity index (χ0v) is 16.8. The Hall–Kier alpha value is -2.51. The standard InChI is InChI=1S/C21H23N3O3S/c1-3-27-17-10-16(17)23-18(25)8-9-24-12-22-20-19(21(24)26)15(11-28-20)14-6-4-13(2)5-7-14/h4-7,11-12,16-17H,3,8-10H2,1-2H3,(H,23,25). The number of nitrogens with zero attached hydrogens (tertiary/aromatic N) is 2. The van der Waals surface area contributed by atoms with Gasteiger partial charge in [-0.15, -0.1) is 11.3 Å². The Morgan fingerprint density at radius 3 is 2.89 bits per heavy atom. The number of benzene rings is 1. The van der Waals surface area contributed by atoms with Crippen LogP contribution in [0.3, 0.4) is 0 Å². The summed E-state index contributed by atoms with van der Waals surface area (Å²) >= 11 is 1.46. The lowest BCUT2D eigenvalue weighted by atomic mass is 10.1. The van der Waals surface area contributed by atoms with Crippen molar-refractivity contribution in [1.82, 2.24) is 14.9 Å². The maximum atomic E-state index is 13.0. The average molecular weight is 398 g/mol. The maximum Gasteiger partial charge on any atom is 0.262 e. The Kier molecular flexibility index (Phi) is 5.28. The van der Waals surface area contributed by atoms with Crippen LogP contribution in [0.15, 0.2) is 40.8 Å². The third kappa shape index (κ3) is 3.86. The van der Waals surface area contributed by atoms with Crippen molar-refractivity contribution in [2.75, 3.05) is 6.61 Å². The summed E-state index contributed by atoms with van der Waals surface area (Å²) in [6, 6.07) is 8.21. The zero-order valence-electron chi connectivity index (χ0n) is 16.0. The summed E-state index contributed by atoms with van der Waals surface area (Å²) < 4.78 is 7.00. The molecule has 2 atom stereocenters. The number of thiophene rings is 1. The van der Waals surface area contributed by atoms with Gasteiger partial charge < -0.3 is 10.1 Å². The number of aryl methyl sites for hydroxylation is 2. The van der Waals surface area contributed by atoms with Crippen LogP contribution in [0.1, 0.15) is 25.3 Å². The fourth-order valence-electron chi connectivity index (χ4n) is 3.30. The average Bonchev–Trinajstić information content (AvgIpc) is 3.25. The highest BCUT2D eigenvalue weighted by molar-refractivity contribution is 7.17. The molecule has 28 heavy (non-hydrogen) atoms. The third-order valence-electron chi connectivity index (χ3n) is 4.96. The largest absolute Gasteiger partial charge is 0.376 e. The van der Waals surface area contributed by atoms with E-state index in [0.29, 0.717) is 18.5 Å². The quantitative estimate of drug-likeness (QED) is 0.665. The maximum absolute atomic E-state index is 13.0. The normalized spacial score (nSPS) is 18.4. The summed E-state index contributed by atoms with van der Waals surface area (Å²) in [5.41, 5.74) is 2.97. The van der Waals surface area contributed by atoms with Crippen LogP contribution in [0.4, 0.5) is 0 Å². The van der Waals surface area contributed by atoms with Gasteiger partial charge in [0.25, 0.3) is 5.56 Å². The summed E-state index contributed by atoms with van der Waals surface area (Å²) in [5, 5.41) is 5.55. The molecular formula is C21H23N3O3S. The zero-order chi connectivity index (χ0) is 19.7. The Bertz CT molecular complexity index is 1050. The van der Waals surface area contributed by atoms with Gasteiger partial charge >= 0.3 is 0 Å². The van der Waals surface area contributed by atoms with Gasteiger partial charge in [0.1, 0.15) is 4.83 Å². The highest BCUT2D eigenvalue weighted by Crippen LogP contribution is 2.30. The minimum Gasteiger partial charge on any atom is -0.376 e. The molecule has 146 valence electrons. The molecule has 2 aromatic heterocycles. The predicted molar refractivity (Wildman–Crippen MR) is 111 cm³/mol. The molecule has 2 heterocycles. The summed E-state index contributed by atoms with van der Waals surface area (Å²) in [7, 11) is 0. The van der Waals surface area contributed by atoms with Gasteiger partial charge in [0, 0.05) is 30.5 Å². The molecule has 1 fully saturated rings. The molecule has 0 saturated heterocycles. The lowest BCUT2D eigenvalue weighted by Crippen LogP contribution is -2.30. The molecule has 1 saturated carbocycles. The molecule has 1 amide bonds. The molecule has 1 aliphatic rings. The molecule has 0 spiro atoms. The van der Waals surface area contributed by atoms with Crippen molar-refractivity contribution in [1.29, 1.82) is 0 Å². The van der Waals surface area contributed by atoms with Crippen molar-refractivity contribution in [3.63, 3.8) is 0 Å². The van der Waals surface area contributed by atoms with Crippen LogP contribution in [0.5, 0.6) is 0 Å². The van der Waals surface area contributed by atoms with Crippen LogP contribution in [-0.2, 0) is 16.1 Å². The molecule has 0 aliphatic heterocycles. The van der Waals surface area contributed by atoms with Crippen molar-refractivity contribution in [3.05, 3.63) is 51.9 Å². The van der Waals surface area contributed by atoms with E-state index in [-0.39, 0.29) is 30.0 Å². The van der Waals surface area contributed by atoms with Gasteiger partial charge in [0.2, 0.25) is 5.91 Å². The van der Waals surface area contributed by atoms with Crippen LogP contribution >= 0.6 is 11.3 Å². The molecular weight excluding hydrogens is 374 g/mol. The first-order chi connectivity index (χ1) is 13.6. The lowest BCUT2D eigenvalue weighted by Gasteiger charge is -2.08. The van der Waals surface area contributed by atoms with E-state index in [1.54, 1.807) is 0 Å². The van der Waals surface area contributed by atoms with Crippen LogP contribution < -0.4 is 10.9 Å². The number of ether oxygens (including phenoxy) is 1. The first-order valence-corrected chi connectivity index (χ1v) is 10.4. The molecule has 0 bridgehead atoms. The number of hydrogen-bond acceptors (Lipinski definition) is 5. The number of nitrogens with one attached hydrogen (secondary N) is 1. The summed E-state index contributed by atoms with van der Waals surface area (Å²) in [5.74, 6) is -0.0664. The number of carbonyl (C=O) groups excluding carboxylic acids is 1. The second kappa shape index (κ2) is 7.85. The minimum absolute atomic E-state index is 0.0664. The smallest absolute Gasteiger partial charge is 0.262 e. The van der Waals surface area contributed by atoms with Crippen molar-refractivity contribution in [2.24, 2.45) is 0 Å². The van der Waals surface area contributed by atoms with Gasteiger partial charge in [-0.1, -0.05) is 29.8 Å². The van der Waals surface area contributed by atoms with Crippen LogP contribution in [0.2, 0.25) is 0 Å². The summed E-state index contributed by atoms with van der Waals surface area (Å²) in [6.07, 6.45) is 2.78. The van der Waals surface area contributed by atoms with Gasteiger partial charge in [-0.05, 0) is 25.8 Å². The lowest BCUT2D eigenvalue weighted by molar-refractivity contribution is -0.121.